The molecule has 0 atom stereocenters. The number of hydrogen-bond donors (Lipinski definition) is 1. The van der Waals surface area contributed by atoms with Gasteiger partial charge < -0.3 is 10.3 Å². The van der Waals surface area contributed by atoms with Gasteiger partial charge in [-0.05, 0) is 45.1 Å². The first-order valence-electron chi connectivity index (χ1n) is 7.84. The van der Waals surface area contributed by atoms with Crippen molar-refractivity contribution in [2.75, 3.05) is 0 Å². The monoisotopic (exact) mass is 349 g/mol. The zero-order chi connectivity index (χ0) is 16.0. The normalized spacial score (nSPS) is 16.0. The lowest BCUT2D eigenvalue weighted by molar-refractivity contribution is 0.229. The lowest BCUT2D eigenvalue weighted by Crippen LogP contribution is -2.44. The standard InChI is InChI=1S/C15H19N7O.ClH/c1-9-11(10(2)22-14(19-9)17-8-18-22)4-5-12-20-13(21-23-12)15(16)6-3-7-15;/h8H,3-7,16H2,1-2H3;1H. The highest BCUT2D eigenvalue weighted by Crippen LogP contribution is 2.36. The van der Waals surface area contributed by atoms with Crippen LogP contribution in [-0.4, -0.2) is 29.7 Å². The van der Waals surface area contributed by atoms with Crippen LogP contribution in [0.3, 0.4) is 0 Å². The van der Waals surface area contributed by atoms with Crippen molar-refractivity contribution in [1.82, 2.24) is 29.7 Å². The Labute approximate surface area is 145 Å². The van der Waals surface area contributed by atoms with Gasteiger partial charge in [-0.25, -0.2) is 9.50 Å². The Morgan fingerprint density at radius 2 is 2.04 bits per heavy atom. The third-order valence-electron chi connectivity index (χ3n) is 4.74. The number of hydrogen-bond acceptors (Lipinski definition) is 7. The molecule has 0 aromatic carbocycles. The summed E-state index contributed by atoms with van der Waals surface area (Å²) in [4.78, 5) is 13.1. The molecule has 128 valence electrons. The van der Waals surface area contributed by atoms with Crippen molar-refractivity contribution in [3.63, 3.8) is 0 Å². The first-order chi connectivity index (χ1) is 11.1. The summed E-state index contributed by atoms with van der Waals surface area (Å²) in [5, 5.41) is 8.26. The Morgan fingerprint density at radius 1 is 1.25 bits per heavy atom. The molecule has 0 unspecified atom stereocenters. The van der Waals surface area contributed by atoms with Crippen LogP contribution in [-0.2, 0) is 18.4 Å². The van der Waals surface area contributed by atoms with E-state index in [1.807, 2.05) is 13.8 Å². The predicted octanol–water partition coefficient (Wildman–Crippen LogP) is 1.67. The van der Waals surface area contributed by atoms with Crippen molar-refractivity contribution < 1.29 is 4.52 Å². The molecule has 4 rings (SSSR count). The van der Waals surface area contributed by atoms with E-state index in [0.717, 1.165) is 42.6 Å². The molecule has 1 aliphatic carbocycles. The number of aromatic nitrogens is 6. The molecule has 9 heteroatoms. The third-order valence-corrected chi connectivity index (χ3v) is 4.74. The van der Waals surface area contributed by atoms with Crippen molar-refractivity contribution in [2.45, 2.75) is 51.5 Å². The van der Waals surface area contributed by atoms with Gasteiger partial charge in [0.2, 0.25) is 5.89 Å². The Kier molecular flexibility index (Phi) is 4.27. The fraction of sp³-hybridized carbons (Fsp3) is 0.533. The number of fused-ring (bicyclic) bond motifs is 1. The van der Waals surface area contributed by atoms with Crippen LogP contribution in [0.15, 0.2) is 10.9 Å². The molecule has 3 aromatic heterocycles. The molecule has 0 radical (unpaired) electrons. The molecule has 0 aliphatic heterocycles. The van der Waals surface area contributed by atoms with E-state index in [1.54, 1.807) is 4.52 Å². The van der Waals surface area contributed by atoms with E-state index in [4.69, 9.17) is 10.3 Å². The van der Waals surface area contributed by atoms with Gasteiger partial charge in [0.15, 0.2) is 5.82 Å². The number of nitrogens with two attached hydrogens (primary N) is 1. The van der Waals surface area contributed by atoms with E-state index in [0.29, 0.717) is 23.9 Å². The van der Waals surface area contributed by atoms with Gasteiger partial charge in [-0.1, -0.05) is 5.16 Å². The van der Waals surface area contributed by atoms with Crippen molar-refractivity contribution in [3.8, 4) is 0 Å². The molecule has 0 saturated heterocycles. The van der Waals surface area contributed by atoms with Gasteiger partial charge in [-0.3, -0.25) is 0 Å². The van der Waals surface area contributed by atoms with Gasteiger partial charge in [0.25, 0.3) is 5.78 Å². The van der Waals surface area contributed by atoms with Crippen LogP contribution in [0.5, 0.6) is 0 Å². The maximum atomic E-state index is 6.23. The van der Waals surface area contributed by atoms with Gasteiger partial charge in [-0.15, -0.1) is 12.4 Å². The smallest absolute Gasteiger partial charge is 0.252 e. The Balaban J connectivity index is 0.00000169. The summed E-state index contributed by atoms with van der Waals surface area (Å²) in [6, 6.07) is 0. The Morgan fingerprint density at radius 3 is 2.75 bits per heavy atom. The molecule has 3 heterocycles. The molecular weight excluding hydrogens is 330 g/mol. The molecule has 24 heavy (non-hydrogen) atoms. The summed E-state index contributed by atoms with van der Waals surface area (Å²) in [7, 11) is 0. The second kappa shape index (κ2) is 6.10. The summed E-state index contributed by atoms with van der Waals surface area (Å²) in [5.41, 5.74) is 8.98. The molecular formula is C15H20ClN7O. The summed E-state index contributed by atoms with van der Waals surface area (Å²) in [5.74, 6) is 1.88. The molecule has 1 aliphatic rings. The fourth-order valence-corrected chi connectivity index (χ4v) is 3.09. The zero-order valence-electron chi connectivity index (χ0n) is 13.7. The lowest BCUT2D eigenvalue weighted by atomic mass is 9.77. The van der Waals surface area contributed by atoms with Crippen molar-refractivity contribution >= 4 is 18.2 Å². The van der Waals surface area contributed by atoms with E-state index in [9.17, 15) is 0 Å². The predicted molar refractivity (Wildman–Crippen MR) is 88.9 cm³/mol. The highest BCUT2D eigenvalue weighted by Gasteiger charge is 2.38. The summed E-state index contributed by atoms with van der Waals surface area (Å²) >= 11 is 0. The van der Waals surface area contributed by atoms with E-state index in [1.165, 1.54) is 6.33 Å². The number of nitrogens with zero attached hydrogens (tertiary/aromatic N) is 6. The van der Waals surface area contributed by atoms with Crippen LogP contribution in [0.1, 0.15) is 47.9 Å². The Bertz CT molecular complexity index is 868. The van der Waals surface area contributed by atoms with Crippen molar-refractivity contribution in [3.05, 3.63) is 35.0 Å². The van der Waals surface area contributed by atoms with Crippen LogP contribution in [0.4, 0.5) is 0 Å². The van der Waals surface area contributed by atoms with E-state index < -0.39 is 0 Å². The topological polar surface area (TPSA) is 108 Å². The molecule has 1 fully saturated rings. The number of halogens is 1. The first-order valence-corrected chi connectivity index (χ1v) is 7.84. The maximum Gasteiger partial charge on any atom is 0.252 e. The molecule has 3 aromatic rings. The van der Waals surface area contributed by atoms with Crippen LogP contribution >= 0.6 is 12.4 Å². The van der Waals surface area contributed by atoms with Gasteiger partial charge in [0.05, 0.1) is 5.54 Å². The quantitative estimate of drug-likeness (QED) is 0.763. The minimum atomic E-state index is -0.380. The van der Waals surface area contributed by atoms with Crippen LogP contribution in [0.25, 0.3) is 5.78 Å². The fourth-order valence-electron chi connectivity index (χ4n) is 3.09. The summed E-state index contributed by atoms with van der Waals surface area (Å²) in [6.45, 7) is 4.01. The van der Waals surface area contributed by atoms with E-state index >= 15 is 0 Å². The van der Waals surface area contributed by atoms with Gasteiger partial charge in [-0.2, -0.15) is 15.1 Å². The third kappa shape index (κ3) is 2.65. The molecule has 0 bridgehead atoms. The summed E-state index contributed by atoms with van der Waals surface area (Å²) in [6.07, 6.45) is 5.92. The van der Waals surface area contributed by atoms with Crippen molar-refractivity contribution in [2.24, 2.45) is 5.73 Å². The maximum absolute atomic E-state index is 6.23. The van der Waals surface area contributed by atoms with Crippen LogP contribution < -0.4 is 5.73 Å². The highest BCUT2D eigenvalue weighted by molar-refractivity contribution is 5.85. The average molecular weight is 350 g/mol. The summed E-state index contributed by atoms with van der Waals surface area (Å²) < 4.78 is 7.12. The van der Waals surface area contributed by atoms with Crippen LogP contribution in [0.2, 0.25) is 0 Å². The average Bonchev–Trinajstić information content (AvgIpc) is 3.13. The molecule has 1 saturated carbocycles. The number of aryl methyl sites for hydroxylation is 3. The Hall–Kier alpha value is -2.06. The number of rotatable bonds is 4. The van der Waals surface area contributed by atoms with Gasteiger partial charge >= 0.3 is 0 Å². The second-order valence-corrected chi connectivity index (χ2v) is 6.25. The molecule has 0 amide bonds. The highest BCUT2D eigenvalue weighted by atomic mass is 35.5. The minimum Gasteiger partial charge on any atom is -0.339 e. The lowest BCUT2D eigenvalue weighted by Gasteiger charge is -2.34. The largest absolute Gasteiger partial charge is 0.339 e. The van der Waals surface area contributed by atoms with Crippen LogP contribution in [0, 0.1) is 13.8 Å². The van der Waals surface area contributed by atoms with Crippen molar-refractivity contribution in [1.29, 1.82) is 0 Å². The zero-order valence-corrected chi connectivity index (χ0v) is 14.5. The second-order valence-electron chi connectivity index (χ2n) is 6.25. The van der Waals surface area contributed by atoms with Gasteiger partial charge in [0.1, 0.15) is 6.33 Å². The van der Waals surface area contributed by atoms with E-state index in [2.05, 4.69) is 25.2 Å². The minimum absolute atomic E-state index is 0. The molecule has 8 nitrogen and oxygen atoms in total. The molecule has 0 spiro atoms. The van der Waals surface area contributed by atoms with E-state index in [-0.39, 0.29) is 17.9 Å². The SMILES string of the molecule is Cc1nc2ncnn2c(C)c1CCc1nc(C2(N)CCC2)no1.Cl. The first kappa shape index (κ1) is 16.8. The molecule has 2 N–H and O–H groups in total. The van der Waals surface area contributed by atoms with Gasteiger partial charge in [0, 0.05) is 17.8 Å².